The van der Waals surface area contributed by atoms with Crippen LogP contribution in [0.15, 0.2) is 0 Å². The second kappa shape index (κ2) is 4.57. The number of rotatable bonds is 1. The minimum Gasteiger partial charge on any atom is -0.470 e. The van der Waals surface area contributed by atoms with E-state index in [1.807, 2.05) is 20.1 Å². The molecule has 0 N–H and O–H groups in total. The topological polar surface area (TPSA) is 46.2 Å². The molecule has 3 heterocycles. The molecule has 0 unspecified atom stereocenters. The van der Waals surface area contributed by atoms with Crippen molar-refractivity contribution in [3.05, 3.63) is 0 Å². The molecule has 5 atom stereocenters. The highest BCUT2D eigenvalue weighted by atomic mass is 32.2. The molecule has 0 amide bonds. The molecule has 0 aromatic heterocycles. The molecule has 0 aliphatic carbocycles. The monoisotopic (exact) mass is 292 g/mol. The first-order valence-electron chi connectivity index (χ1n) is 5.87. The third-order valence-electron chi connectivity index (χ3n) is 3.26. The van der Waals surface area contributed by atoms with Gasteiger partial charge in [0.15, 0.2) is 18.2 Å². The summed E-state index contributed by atoms with van der Waals surface area (Å²) in [4.78, 5) is 0. The van der Waals surface area contributed by atoms with E-state index in [2.05, 4.69) is 0 Å². The predicted octanol–water partition coefficient (Wildman–Crippen LogP) is 1.29. The van der Waals surface area contributed by atoms with E-state index in [9.17, 15) is 0 Å². The van der Waals surface area contributed by atoms with Crippen molar-refractivity contribution in [3.63, 3.8) is 0 Å². The van der Waals surface area contributed by atoms with Crippen LogP contribution in [0.25, 0.3) is 0 Å². The van der Waals surface area contributed by atoms with Crippen molar-refractivity contribution in [2.75, 3.05) is 12.9 Å². The van der Waals surface area contributed by atoms with Crippen molar-refractivity contribution in [1.82, 2.24) is 0 Å². The quantitative estimate of drug-likeness (QED) is 0.675. The lowest BCUT2D eigenvalue weighted by Gasteiger charge is -2.23. The summed E-state index contributed by atoms with van der Waals surface area (Å²) < 4.78 is 29.2. The van der Waals surface area contributed by atoms with E-state index in [0.717, 1.165) is 0 Å². The van der Waals surface area contributed by atoms with Crippen LogP contribution in [0.3, 0.4) is 0 Å². The maximum atomic E-state index is 5.84. The summed E-state index contributed by atoms with van der Waals surface area (Å²) in [5.41, 5.74) is 0. The zero-order chi connectivity index (χ0) is 12.9. The molecule has 5 nitrogen and oxygen atoms in total. The zero-order valence-electron chi connectivity index (χ0n) is 10.5. The highest BCUT2D eigenvalue weighted by molar-refractivity contribution is 8.22. The van der Waals surface area contributed by atoms with Crippen molar-refractivity contribution < 1.29 is 23.7 Å². The van der Waals surface area contributed by atoms with E-state index in [-0.39, 0.29) is 30.7 Å². The number of thioether (sulfide) groups is 1. The van der Waals surface area contributed by atoms with E-state index in [1.165, 1.54) is 11.8 Å². The fraction of sp³-hybridized carbons (Fsp3) is 0.909. The van der Waals surface area contributed by atoms with E-state index < -0.39 is 5.79 Å². The van der Waals surface area contributed by atoms with Crippen LogP contribution in [0.2, 0.25) is 0 Å². The van der Waals surface area contributed by atoms with Crippen LogP contribution in [-0.2, 0) is 23.7 Å². The minimum absolute atomic E-state index is 0.133. The molecule has 3 saturated heterocycles. The fourth-order valence-corrected chi connectivity index (χ4v) is 2.91. The van der Waals surface area contributed by atoms with Gasteiger partial charge in [-0.3, -0.25) is 0 Å². The summed E-state index contributed by atoms with van der Waals surface area (Å²) in [7, 11) is 0. The predicted molar refractivity (Wildman–Crippen MR) is 69.4 cm³/mol. The second-order valence-corrected chi connectivity index (χ2v) is 6.39. The highest BCUT2D eigenvalue weighted by Gasteiger charge is 2.60. The van der Waals surface area contributed by atoms with Crippen LogP contribution >= 0.6 is 24.0 Å². The fourth-order valence-electron chi connectivity index (χ4n) is 2.57. The van der Waals surface area contributed by atoms with Gasteiger partial charge in [0, 0.05) is 0 Å². The molecule has 0 radical (unpaired) electrons. The molecule has 0 spiro atoms. The van der Waals surface area contributed by atoms with Crippen molar-refractivity contribution in [3.8, 4) is 0 Å². The maximum absolute atomic E-state index is 5.84. The zero-order valence-corrected chi connectivity index (χ0v) is 12.1. The van der Waals surface area contributed by atoms with Gasteiger partial charge in [-0.1, -0.05) is 11.8 Å². The van der Waals surface area contributed by atoms with Crippen LogP contribution in [-0.4, -0.2) is 53.7 Å². The lowest BCUT2D eigenvalue weighted by Crippen LogP contribution is -2.36. The molecule has 3 fully saturated rings. The number of fused-ring (bicyclic) bond motifs is 3. The van der Waals surface area contributed by atoms with Crippen LogP contribution in [0.1, 0.15) is 13.8 Å². The Bertz CT molecular complexity index is 361. The Morgan fingerprint density at radius 1 is 1.28 bits per heavy atom. The molecule has 0 saturated carbocycles. The molecule has 0 bridgehead atoms. The van der Waals surface area contributed by atoms with Crippen molar-refractivity contribution in [2.24, 2.45) is 0 Å². The Kier molecular flexibility index (Phi) is 3.32. The van der Waals surface area contributed by atoms with Crippen LogP contribution in [0.4, 0.5) is 0 Å². The third-order valence-corrected chi connectivity index (χ3v) is 4.29. The first-order valence-corrected chi connectivity index (χ1v) is 7.51. The number of ether oxygens (including phenoxy) is 5. The molecule has 3 aliphatic rings. The summed E-state index contributed by atoms with van der Waals surface area (Å²) in [6, 6.07) is 0. The second-order valence-electron chi connectivity index (χ2n) is 4.98. The largest absolute Gasteiger partial charge is 0.470 e. The van der Waals surface area contributed by atoms with E-state index in [0.29, 0.717) is 11.0 Å². The average molecular weight is 292 g/mol. The molecular formula is C11H16O5S2. The highest BCUT2D eigenvalue weighted by Crippen LogP contribution is 2.42. The molecule has 3 aliphatic heterocycles. The van der Waals surface area contributed by atoms with Crippen LogP contribution in [0.5, 0.6) is 0 Å². The van der Waals surface area contributed by atoms with Gasteiger partial charge >= 0.3 is 0 Å². The summed E-state index contributed by atoms with van der Waals surface area (Å²) in [5, 5.41) is 0. The first-order chi connectivity index (χ1) is 8.50. The maximum Gasteiger partial charge on any atom is 0.220 e. The van der Waals surface area contributed by atoms with Gasteiger partial charge in [-0.05, 0) is 32.3 Å². The van der Waals surface area contributed by atoms with Gasteiger partial charge < -0.3 is 23.7 Å². The summed E-state index contributed by atoms with van der Waals surface area (Å²) in [6.45, 7) is 4.22. The van der Waals surface area contributed by atoms with Gasteiger partial charge in [0.05, 0.1) is 6.61 Å². The van der Waals surface area contributed by atoms with Gasteiger partial charge in [0.25, 0.3) is 0 Å². The van der Waals surface area contributed by atoms with Crippen LogP contribution in [0, 0.1) is 0 Å². The van der Waals surface area contributed by atoms with Crippen LogP contribution < -0.4 is 0 Å². The third kappa shape index (κ3) is 2.17. The summed E-state index contributed by atoms with van der Waals surface area (Å²) in [6.07, 6.45) is 0.864. The lowest BCUT2D eigenvalue weighted by atomic mass is 10.1. The van der Waals surface area contributed by atoms with E-state index in [4.69, 9.17) is 35.9 Å². The Morgan fingerprint density at radius 3 is 2.78 bits per heavy atom. The van der Waals surface area contributed by atoms with E-state index >= 15 is 0 Å². The standard InChI is InChI=1S/C11H16O5S2/c1-11(2)15-8-7-6(14-9(8)16-11)5(4-12-7)13-10(17)18-3/h5-9H,4H2,1-3H3/t5-,6-,7+,8-,9-/m1/s1. The summed E-state index contributed by atoms with van der Waals surface area (Å²) in [5.74, 6) is -0.614. The lowest BCUT2D eigenvalue weighted by molar-refractivity contribution is -0.214. The normalized spacial score (nSPS) is 44.7. The van der Waals surface area contributed by atoms with Crippen molar-refractivity contribution in [1.29, 1.82) is 0 Å². The number of hydrogen-bond donors (Lipinski definition) is 0. The molecule has 3 rings (SSSR count). The van der Waals surface area contributed by atoms with Crippen molar-refractivity contribution in [2.45, 2.75) is 50.3 Å². The Balaban J connectivity index is 1.67. The van der Waals surface area contributed by atoms with Crippen molar-refractivity contribution >= 4 is 28.4 Å². The Labute approximate surface area is 115 Å². The van der Waals surface area contributed by atoms with Gasteiger partial charge in [0.1, 0.15) is 18.3 Å². The first kappa shape index (κ1) is 13.1. The number of hydrogen-bond acceptors (Lipinski definition) is 7. The SMILES string of the molecule is CSC(=S)O[C@@H]1CO[C@@H]2[C@H]3OC(C)(C)O[C@H]3O[C@@H]21. The van der Waals surface area contributed by atoms with Gasteiger partial charge in [-0.2, -0.15) is 0 Å². The molecule has 102 valence electrons. The molecule has 0 aromatic carbocycles. The summed E-state index contributed by atoms with van der Waals surface area (Å²) >= 11 is 6.46. The Morgan fingerprint density at radius 2 is 2.06 bits per heavy atom. The molecular weight excluding hydrogens is 276 g/mol. The van der Waals surface area contributed by atoms with Gasteiger partial charge in [-0.15, -0.1) is 0 Å². The average Bonchev–Trinajstić information content (AvgIpc) is 2.89. The number of thiocarbonyl (C=S) groups is 1. The molecule has 0 aromatic rings. The smallest absolute Gasteiger partial charge is 0.220 e. The Hall–Kier alpha value is 0.0800. The van der Waals surface area contributed by atoms with E-state index in [1.54, 1.807) is 0 Å². The van der Waals surface area contributed by atoms with Gasteiger partial charge in [0.2, 0.25) is 4.38 Å². The van der Waals surface area contributed by atoms with Gasteiger partial charge in [-0.25, -0.2) is 0 Å². The molecule has 18 heavy (non-hydrogen) atoms. The molecule has 7 heteroatoms. The minimum atomic E-state index is -0.614.